The summed E-state index contributed by atoms with van der Waals surface area (Å²) >= 11 is 1.24. The first-order valence-corrected chi connectivity index (χ1v) is 9.62. The van der Waals surface area contributed by atoms with Crippen molar-refractivity contribution in [3.8, 4) is 11.5 Å². The summed E-state index contributed by atoms with van der Waals surface area (Å²) in [7, 11) is 3.15. The number of carbonyl (C=O) groups is 1. The lowest BCUT2D eigenvalue weighted by atomic mass is 10.2. The number of benzene rings is 1. The maximum Gasteiger partial charge on any atom is 0.267 e. The second-order valence-electron chi connectivity index (χ2n) is 4.72. The van der Waals surface area contributed by atoms with Crippen LogP contribution in [0.1, 0.15) is 37.4 Å². The molecular weight excluding hydrogens is 362 g/mol. The van der Waals surface area contributed by atoms with Gasteiger partial charge >= 0.3 is 0 Å². The van der Waals surface area contributed by atoms with Crippen LogP contribution in [0.2, 0.25) is 0 Å². The number of nitrogens with two attached hydrogens (primary N) is 1. The van der Waals surface area contributed by atoms with Crippen molar-refractivity contribution in [2.45, 2.75) is 27.7 Å². The number of nitrogens with one attached hydrogen (secondary N) is 1. The van der Waals surface area contributed by atoms with Crippen LogP contribution in [-0.4, -0.2) is 25.1 Å². The average molecular weight is 390 g/mol. The van der Waals surface area contributed by atoms with Gasteiger partial charge in [-0.1, -0.05) is 27.7 Å². The highest BCUT2D eigenvalue weighted by Crippen LogP contribution is 2.38. The Balaban J connectivity index is 0.000000855. The minimum atomic E-state index is -0.280. The molecular formula is C20H27N3O3S. The van der Waals surface area contributed by atoms with Crippen LogP contribution in [0.15, 0.2) is 36.5 Å². The number of methoxy groups -OCH3 is 2. The number of nitrogens with zero attached hydrogens (tertiary/aromatic N) is 1. The summed E-state index contributed by atoms with van der Waals surface area (Å²) in [5, 5.41) is 3.48. The number of ether oxygens (including phenoxy) is 2. The van der Waals surface area contributed by atoms with Gasteiger partial charge in [0.25, 0.3) is 5.91 Å². The van der Waals surface area contributed by atoms with Crippen LogP contribution in [0, 0.1) is 0 Å². The van der Waals surface area contributed by atoms with Crippen LogP contribution in [0.25, 0.3) is 10.2 Å². The molecule has 0 atom stereocenters. The molecule has 0 unspecified atom stereocenters. The molecule has 0 aliphatic rings. The predicted octanol–water partition coefficient (Wildman–Crippen LogP) is 5.20. The van der Waals surface area contributed by atoms with Gasteiger partial charge in [0, 0.05) is 11.9 Å². The SMILES string of the molecule is CC.CC.COc1ccc(NC(=O)c2sc3nccc(OC)c3c2N)cc1. The number of rotatable bonds is 4. The Morgan fingerprint density at radius 3 is 2.22 bits per heavy atom. The molecule has 2 aromatic heterocycles. The number of hydrogen-bond donors (Lipinski definition) is 2. The van der Waals surface area contributed by atoms with Gasteiger partial charge in [-0.25, -0.2) is 4.98 Å². The molecule has 3 rings (SSSR count). The normalized spacial score (nSPS) is 9.41. The molecule has 3 N–H and O–H groups in total. The molecule has 7 heteroatoms. The summed E-state index contributed by atoms with van der Waals surface area (Å²) in [6.45, 7) is 8.00. The lowest BCUT2D eigenvalue weighted by molar-refractivity contribution is 0.103. The van der Waals surface area contributed by atoms with E-state index >= 15 is 0 Å². The highest BCUT2D eigenvalue weighted by atomic mass is 32.1. The molecule has 0 aliphatic heterocycles. The molecule has 3 aromatic rings. The summed E-state index contributed by atoms with van der Waals surface area (Å²) in [5.74, 6) is 1.04. The minimum absolute atomic E-state index is 0.280. The van der Waals surface area contributed by atoms with E-state index in [4.69, 9.17) is 15.2 Å². The number of pyridine rings is 1. The van der Waals surface area contributed by atoms with Crippen molar-refractivity contribution in [1.29, 1.82) is 0 Å². The van der Waals surface area contributed by atoms with E-state index in [1.54, 1.807) is 50.7 Å². The Bertz CT molecular complexity index is 861. The largest absolute Gasteiger partial charge is 0.497 e. The summed E-state index contributed by atoms with van der Waals surface area (Å²) < 4.78 is 10.4. The van der Waals surface area contributed by atoms with Crippen molar-refractivity contribution in [3.05, 3.63) is 41.4 Å². The van der Waals surface area contributed by atoms with Crippen LogP contribution in [-0.2, 0) is 0 Å². The monoisotopic (exact) mass is 389 g/mol. The van der Waals surface area contributed by atoms with Crippen LogP contribution >= 0.6 is 11.3 Å². The number of fused-ring (bicyclic) bond motifs is 1. The van der Waals surface area contributed by atoms with Crippen molar-refractivity contribution in [1.82, 2.24) is 4.98 Å². The highest BCUT2D eigenvalue weighted by Gasteiger charge is 2.20. The van der Waals surface area contributed by atoms with Crippen molar-refractivity contribution >= 4 is 38.8 Å². The number of carbonyl (C=O) groups excluding carboxylic acids is 1. The van der Waals surface area contributed by atoms with Crippen molar-refractivity contribution in [2.75, 3.05) is 25.3 Å². The average Bonchev–Trinajstić information content (AvgIpc) is 3.08. The number of anilines is 2. The maximum absolute atomic E-state index is 12.5. The van der Waals surface area contributed by atoms with Gasteiger partial charge in [-0.3, -0.25) is 4.79 Å². The van der Waals surface area contributed by atoms with Gasteiger partial charge in [-0.05, 0) is 30.3 Å². The van der Waals surface area contributed by atoms with Crippen LogP contribution < -0.4 is 20.5 Å². The third-order valence-electron chi connectivity index (χ3n) is 3.36. The lowest BCUT2D eigenvalue weighted by Crippen LogP contribution is -2.11. The van der Waals surface area contributed by atoms with E-state index in [-0.39, 0.29) is 5.91 Å². The molecule has 0 fully saturated rings. The standard InChI is InChI=1S/C16H15N3O3S.2C2H6/c1-21-10-5-3-9(4-6-10)19-15(20)14-13(17)12-11(22-2)7-8-18-16(12)23-14;2*1-2/h3-8H,17H2,1-2H3,(H,19,20);2*1-2H3. The predicted molar refractivity (Wildman–Crippen MR) is 114 cm³/mol. The second-order valence-corrected chi connectivity index (χ2v) is 5.72. The number of thiophene rings is 1. The van der Waals surface area contributed by atoms with Gasteiger partial charge in [0.15, 0.2) is 0 Å². The van der Waals surface area contributed by atoms with Gasteiger partial charge in [0.2, 0.25) is 0 Å². The fourth-order valence-corrected chi connectivity index (χ4v) is 3.19. The lowest BCUT2D eigenvalue weighted by Gasteiger charge is -2.06. The molecule has 1 aromatic carbocycles. The van der Waals surface area contributed by atoms with Crippen molar-refractivity contribution < 1.29 is 14.3 Å². The first-order chi connectivity index (χ1) is 13.1. The molecule has 0 spiro atoms. The Morgan fingerprint density at radius 1 is 1.04 bits per heavy atom. The van der Waals surface area contributed by atoms with E-state index < -0.39 is 0 Å². The Labute approximate surface area is 164 Å². The Morgan fingerprint density at radius 2 is 1.67 bits per heavy atom. The fourth-order valence-electron chi connectivity index (χ4n) is 2.22. The first-order valence-electron chi connectivity index (χ1n) is 8.80. The molecule has 6 nitrogen and oxygen atoms in total. The van der Waals surface area contributed by atoms with E-state index in [1.165, 1.54) is 11.3 Å². The maximum atomic E-state index is 12.5. The van der Waals surface area contributed by atoms with Crippen LogP contribution in [0.5, 0.6) is 11.5 Å². The second kappa shape index (κ2) is 11.0. The number of amides is 1. The third-order valence-corrected chi connectivity index (χ3v) is 4.48. The highest BCUT2D eigenvalue weighted by molar-refractivity contribution is 7.21. The summed E-state index contributed by atoms with van der Waals surface area (Å²) in [6, 6.07) is 8.79. The van der Waals surface area contributed by atoms with E-state index in [1.807, 2.05) is 27.7 Å². The van der Waals surface area contributed by atoms with Crippen molar-refractivity contribution in [2.24, 2.45) is 0 Å². The molecule has 1 amide bonds. The summed E-state index contributed by atoms with van der Waals surface area (Å²) in [4.78, 5) is 17.8. The van der Waals surface area contributed by atoms with Gasteiger partial charge < -0.3 is 20.5 Å². The van der Waals surface area contributed by atoms with Gasteiger partial charge in [-0.15, -0.1) is 11.3 Å². The van der Waals surface area contributed by atoms with Gasteiger partial charge in [0.1, 0.15) is 21.2 Å². The minimum Gasteiger partial charge on any atom is -0.497 e. The third kappa shape index (κ3) is 5.10. The number of aromatic nitrogens is 1. The van der Waals surface area contributed by atoms with E-state index in [0.29, 0.717) is 32.2 Å². The Kier molecular flexibility index (Phi) is 9.08. The smallest absolute Gasteiger partial charge is 0.267 e. The zero-order valence-electron chi connectivity index (χ0n) is 16.6. The molecule has 146 valence electrons. The zero-order chi connectivity index (χ0) is 20.4. The topological polar surface area (TPSA) is 86.5 Å². The van der Waals surface area contributed by atoms with E-state index in [0.717, 1.165) is 5.75 Å². The quantitative estimate of drug-likeness (QED) is 0.640. The van der Waals surface area contributed by atoms with Crippen molar-refractivity contribution in [3.63, 3.8) is 0 Å². The molecule has 0 radical (unpaired) electrons. The molecule has 0 bridgehead atoms. The number of nitrogen functional groups attached to an aromatic ring is 1. The molecule has 0 saturated carbocycles. The fraction of sp³-hybridized carbons (Fsp3) is 0.300. The van der Waals surface area contributed by atoms with Crippen LogP contribution in [0.4, 0.5) is 11.4 Å². The first kappa shape index (κ1) is 22.2. The van der Waals surface area contributed by atoms with Gasteiger partial charge in [-0.2, -0.15) is 0 Å². The molecule has 0 saturated heterocycles. The van der Waals surface area contributed by atoms with Gasteiger partial charge in [0.05, 0.1) is 25.3 Å². The number of hydrogen-bond acceptors (Lipinski definition) is 6. The summed E-state index contributed by atoms with van der Waals surface area (Å²) in [5.41, 5.74) is 7.16. The van der Waals surface area contributed by atoms with Crippen LogP contribution in [0.3, 0.4) is 0 Å². The van der Waals surface area contributed by atoms with E-state index in [9.17, 15) is 4.79 Å². The zero-order valence-corrected chi connectivity index (χ0v) is 17.4. The summed E-state index contributed by atoms with van der Waals surface area (Å²) in [6.07, 6.45) is 1.63. The molecule has 27 heavy (non-hydrogen) atoms. The van der Waals surface area contributed by atoms with E-state index in [2.05, 4.69) is 10.3 Å². The Hall–Kier alpha value is -2.80. The molecule has 2 heterocycles. The molecule has 0 aliphatic carbocycles.